The van der Waals surface area contributed by atoms with Crippen molar-refractivity contribution < 1.29 is 9.47 Å². The van der Waals surface area contributed by atoms with Gasteiger partial charge in [0.15, 0.2) is 11.5 Å². The van der Waals surface area contributed by atoms with Crippen LogP contribution in [0.1, 0.15) is 16.7 Å². The monoisotopic (exact) mass is 312 g/mol. The molecule has 0 aliphatic heterocycles. The van der Waals surface area contributed by atoms with Crippen molar-refractivity contribution in [3.8, 4) is 11.5 Å². The second kappa shape index (κ2) is 7.84. The largest absolute Gasteiger partial charge is 0.493 e. The molecule has 0 amide bonds. The quantitative estimate of drug-likeness (QED) is 0.485. The minimum Gasteiger partial charge on any atom is -0.493 e. The van der Waals surface area contributed by atoms with Gasteiger partial charge < -0.3 is 20.9 Å². The van der Waals surface area contributed by atoms with E-state index in [-0.39, 0.29) is 5.96 Å². The van der Waals surface area contributed by atoms with E-state index in [1.165, 1.54) is 11.8 Å². The molecule has 0 heterocycles. The van der Waals surface area contributed by atoms with Gasteiger partial charge in [0.25, 0.3) is 0 Å². The molecule has 0 saturated carbocycles. The zero-order valence-corrected chi connectivity index (χ0v) is 13.2. The Morgan fingerprint density at radius 2 is 1.91 bits per heavy atom. The summed E-state index contributed by atoms with van der Waals surface area (Å²) in [5.74, 6) is 1.19. The molecule has 0 saturated heterocycles. The molecule has 0 spiro atoms. The molecule has 2 aromatic rings. The standard InChI is InChI=1S/C17H20N4O2/c1-12-5-3-4-6-14(12)11-23-15-8-7-13(9-16(15)22-2)10-20-21-17(18)19/h3-10H,11H2,1-2H3,(H4,18,19,21). The van der Waals surface area contributed by atoms with Gasteiger partial charge >= 0.3 is 0 Å². The second-order valence-electron chi connectivity index (χ2n) is 4.89. The first-order chi connectivity index (χ1) is 11.1. The summed E-state index contributed by atoms with van der Waals surface area (Å²) >= 11 is 0. The molecular weight excluding hydrogens is 292 g/mol. The Bertz CT molecular complexity index is 722. The number of aryl methyl sites for hydroxylation is 1. The average Bonchev–Trinajstić information content (AvgIpc) is 2.54. The maximum atomic E-state index is 5.86. The maximum Gasteiger partial charge on any atom is 0.211 e. The van der Waals surface area contributed by atoms with Crippen LogP contribution in [0, 0.1) is 6.92 Å². The fraction of sp³-hybridized carbons (Fsp3) is 0.176. The highest BCUT2D eigenvalue weighted by Gasteiger charge is 2.06. The Kier molecular flexibility index (Phi) is 5.57. The molecule has 0 aromatic heterocycles. The summed E-state index contributed by atoms with van der Waals surface area (Å²) in [6.07, 6.45) is 1.54. The van der Waals surface area contributed by atoms with Gasteiger partial charge in [0, 0.05) is 0 Å². The molecule has 0 atom stereocenters. The third-order valence-corrected chi connectivity index (χ3v) is 3.21. The van der Waals surface area contributed by atoms with Gasteiger partial charge in [-0.1, -0.05) is 24.3 Å². The lowest BCUT2D eigenvalue weighted by molar-refractivity contribution is 0.284. The van der Waals surface area contributed by atoms with Crippen LogP contribution in [0.25, 0.3) is 0 Å². The minimum atomic E-state index is -0.0913. The number of methoxy groups -OCH3 is 1. The second-order valence-corrected chi connectivity index (χ2v) is 4.89. The third-order valence-electron chi connectivity index (χ3n) is 3.21. The van der Waals surface area contributed by atoms with Crippen molar-refractivity contribution in [1.29, 1.82) is 0 Å². The van der Waals surface area contributed by atoms with Crippen molar-refractivity contribution in [2.45, 2.75) is 13.5 Å². The van der Waals surface area contributed by atoms with Crippen LogP contribution in [-0.2, 0) is 6.61 Å². The molecule has 2 aromatic carbocycles. The SMILES string of the molecule is COc1cc(C=NN=C(N)N)ccc1OCc1ccccc1C. The molecule has 2 rings (SSSR count). The van der Waals surface area contributed by atoms with E-state index in [9.17, 15) is 0 Å². The van der Waals surface area contributed by atoms with Crippen molar-refractivity contribution >= 4 is 12.2 Å². The normalized spacial score (nSPS) is 10.5. The van der Waals surface area contributed by atoms with E-state index in [4.69, 9.17) is 20.9 Å². The maximum absolute atomic E-state index is 5.86. The molecule has 6 heteroatoms. The van der Waals surface area contributed by atoms with E-state index >= 15 is 0 Å². The predicted molar refractivity (Wildman–Crippen MR) is 91.9 cm³/mol. The summed E-state index contributed by atoms with van der Waals surface area (Å²) in [5, 5.41) is 7.32. The van der Waals surface area contributed by atoms with Crippen LogP contribution in [-0.4, -0.2) is 19.3 Å². The van der Waals surface area contributed by atoms with Crippen LogP contribution in [0.15, 0.2) is 52.7 Å². The molecule has 0 aliphatic carbocycles. The number of hydrogen-bond donors (Lipinski definition) is 2. The molecule has 0 aliphatic rings. The number of guanidine groups is 1. The first-order valence-electron chi connectivity index (χ1n) is 7.07. The van der Waals surface area contributed by atoms with Gasteiger partial charge in [-0.2, -0.15) is 5.10 Å². The molecule has 0 unspecified atom stereocenters. The summed E-state index contributed by atoms with van der Waals surface area (Å²) in [6, 6.07) is 13.6. The van der Waals surface area contributed by atoms with E-state index in [1.807, 2.05) is 30.3 Å². The van der Waals surface area contributed by atoms with Crippen molar-refractivity contribution in [2.75, 3.05) is 7.11 Å². The first-order valence-corrected chi connectivity index (χ1v) is 7.07. The smallest absolute Gasteiger partial charge is 0.211 e. The molecule has 0 bridgehead atoms. The molecular formula is C17H20N4O2. The van der Waals surface area contributed by atoms with Crippen LogP contribution in [0.4, 0.5) is 0 Å². The number of benzene rings is 2. The Labute approximate surface area is 135 Å². The van der Waals surface area contributed by atoms with E-state index in [1.54, 1.807) is 13.2 Å². The van der Waals surface area contributed by atoms with E-state index in [0.29, 0.717) is 18.1 Å². The summed E-state index contributed by atoms with van der Waals surface area (Å²) < 4.78 is 11.2. The van der Waals surface area contributed by atoms with Gasteiger partial charge in [0.1, 0.15) is 6.61 Å². The lowest BCUT2D eigenvalue weighted by Gasteiger charge is -2.12. The third kappa shape index (κ3) is 4.74. The highest BCUT2D eigenvalue weighted by atomic mass is 16.5. The predicted octanol–water partition coefficient (Wildman–Crippen LogP) is 2.19. The van der Waals surface area contributed by atoms with Gasteiger partial charge in [-0.3, -0.25) is 0 Å². The van der Waals surface area contributed by atoms with Crippen LogP contribution in [0.2, 0.25) is 0 Å². The topological polar surface area (TPSA) is 95.2 Å². The molecule has 120 valence electrons. The van der Waals surface area contributed by atoms with Crippen LogP contribution in [0.5, 0.6) is 11.5 Å². The Morgan fingerprint density at radius 1 is 1.13 bits per heavy atom. The molecule has 0 radical (unpaired) electrons. The van der Waals surface area contributed by atoms with Crippen LogP contribution in [0.3, 0.4) is 0 Å². The lowest BCUT2D eigenvalue weighted by atomic mass is 10.1. The number of nitrogens with two attached hydrogens (primary N) is 2. The van der Waals surface area contributed by atoms with Gasteiger partial charge in [-0.15, -0.1) is 5.10 Å². The highest BCUT2D eigenvalue weighted by molar-refractivity contribution is 5.82. The lowest BCUT2D eigenvalue weighted by Crippen LogP contribution is -2.21. The zero-order chi connectivity index (χ0) is 16.7. The average molecular weight is 312 g/mol. The van der Waals surface area contributed by atoms with Gasteiger partial charge in [-0.25, -0.2) is 0 Å². The Balaban J connectivity index is 2.12. The fourth-order valence-electron chi connectivity index (χ4n) is 1.97. The highest BCUT2D eigenvalue weighted by Crippen LogP contribution is 2.28. The zero-order valence-electron chi connectivity index (χ0n) is 13.2. The summed E-state index contributed by atoms with van der Waals surface area (Å²) in [6.45, 7) is 2.53. The summed E-state index contributed by atoms with van der Waals surface area (Å²) in [4.78, 5) is 0. The Hall–Kier alpha value is -3.02. The first kappa shape index (κ1) is 16.4. The van der Waals surface area contributed by atoms with Gasteiger partial charge in [-0.05, 0) is 41.8 Å². The van der Waals surface area contributed by atoms with E-state index in [0.717, 1.165) is 11.1 Å². The van der Waals surface area contributed by atoms with Crippen LogP contribution >= 0.6 is 0 Å². The summed E-state index contributed by atoms with van der Waals surface area (Å²) in [5.41, 5.74) is 13.5. The van der Waals surface area contributed by atoms with Crippen molar-refractivity contribution in [2.24, 2.45) is 21.7 Å². The van der Waals surface area contributed by atoms with E-state index in [2.05, 4.69) is 23.2 Å². The molecule has 0 fully saturated rings. The number of ether oxygens (including phenoxy) is 2. The molecule has 23 heavy (non-hydrogen) atoms. The van der Waals surface area contributed by atoms with Gasteiger partial charge in [0.2, 0.25) is 5.96 Å². The summed E-state index contributed by atoms with van der Waals surface area (Å²) in [7, 11) is 1.59. The molecule has 6 nitrogen and oxygen atoms in total. The Morgan fingerprint density at radius 3 is 2.61 bits per heavy atom. The fourth-order valence-corrected chi connectivity index (χ4v) is 1.97. The van der Waals surface area contributed by atoms with Crippen molar-refractivity contribution in [1.82, 2.24) is 0 Å². The van der Waals surface area contributed by atoms with Gasteiger partial charge in [0.05, 0.1) is 13.3 Å². The number of rotatable bonds is 6. The molecule has 4 N–H and O–H groups in total. The van der Waals surface area contributed by atoms with E-state index < -0.39 is 0 Å². The number of nitrogens with zero attached hydrogens (tertiary/aromatic N) is 2. The van der Waals surface area contributed by atoms with Crippen molar-refractivity contribution in [3.63, 3.8) is 0 Å². The number of hydrogen-bond acceptors (Lipinski definition) is 4. The van der Waals surface area contributed by atoms with Crippen molar-refractivity contribution in [3.05, 3.63) is 59.2 Å². The minimum absolute atomic E-state index is 0.0913. The van der Waals surface area contributed by atoms with Crippen LogP contribution < -0.4 is 20.9 Å².